The van der Waals surface area contributed by atoms with Gasteiger partial charge in [-0.1, -0.05) is 61.9 Å². The molecule has 0 amide bonds. The van der Waals surface area contributed by atoms with Crippen LogP contribution in [0.2, 0.25) is 0 Å². The molecule has 1 aliphatic rings. The van der Waals surface area contributed by atoms with Crippen molar-refractivity contribution in [3.8, 4) is 0 Å². The Morgan fingerprint density at radius 1 is 0.735 bits per heavy atom. The Hall–Kier alpha value is -2.25. The predicted molar refractivity (Wildman–Crippen MR) is 150 cm³/mol. The molecule has 4 aromatic carbocycles. The zero-order valence-electron chi connectivity index (χ0n) is 18.8. The number of fused-ring (bicyclic) bond motifs is 7. The Bertz CT molecular complexity index is 1620. The third-order valence-corrected chi connectivity index (χ3v) is 6.94. The number of aromatic nitrogens is 1. The minimum atomic E-state index is 1.05. The van der Waals surface area contributed by atoms with Gasteiger partial charge in [-0.2, -0.15) is 0 Å². The second kappa shape index (κ2) is 9.08. The van der Waals surface area contributed by atoms with Crippen LogP contribution < -0.4 is 9.80 Å². The van der Waals surface area contributed by atoms with E-state index in [1.165, 1.54) is 68.0 Å². The van der Waals surface area contributed by atoms with Crippen molar-refractivity contribution in [2.45, 2.75) is 19.8 Å². The molecule has 0 bridgehead atoms. The summed E-state index contributed by atoms with van der Waals surface area (Å²) in [6.07, 6.45) is 2.38. The Morgan fingerprint density at radius 3 is 2.24 bits per heavy atom. The Balaban J connectivity index is 0.00000106. The first-order valence-electron chi connectivity index (χ1n) is 11.6. The van der Waals surface area contributed by atoms with E-state index in [9.17, 15) is 0 Å². The Morgan fingerprint density at radius 2 is 1.41 bits per heavy atom. The van der Waals surface area contributed by atoms with Crippen LogP contribution in [0.25, 0.3) is 38.1 Å². The fourth-order valence-electron chi connectivity index (χ4n) is 5.46. The third-order valence-electron chi connectivity index (χ3n) is 6.94. The van der Waals surface area contributed by atoms with Crippen LogP contribution in [0.3, 0.4) is 0 Å². The normalized spacial score (nSPS) is 13.3. The van der Waals surface area contributed by atoms with E-state index in [0.717, 1.165) is 6.54 Å². The van der Waals surface area contributed by atoms with Gasteiger partial charge < -0.3 is 14.2 Å². The predicted octanol–water partition coefficient (Wildman–Crippen LogP) is 8.60. The van der Waals surface area contributed by atoms with Gasteiger partial charge in [0.1, 0.15) is 0 Å². The Kier molecular flexibility index (Phi) is 5.94. The molecular weight excluding hydrogens is 625 g/mol. The first kappa shape index (κ1) is 22.2. The van der Waals surface area contributed by atoms with Crippen LogP contribution in [-0.4, -0.2) is 10.9 Å². The molecule has 0 spiro atoms. The molecule has 2 aromatic heterocycles. The van der Waals surface area contributed by atoms with Gasteiger partial charge in [0, 0.05) is 38.6 Å². The van der Waals surface area contributed by atoms with Crippen molar-refractivity contribution in [2.24, 2.45) is 0 Å². The molecule has 1 aliphatic heterocycles. The third kappa shape index (κ3) is 3.27. The molecule has 5 heteroatoms. The van der Waals surface area contributed by atoms with Gasteiger partial charge in [-0.05, 0) is 49.4 Å². The van der Waals surface area contributed by atoms with Crippen LogP contribution in [-0.2, 0) is 17.3 Å². The zero-order chi connectivity index (χ0) is 23.2. The second-order valence-corrected chi connectivity index (χ2v) is 8.78. The summed E-state index contributed by atoms with van der Waals surface area (Å²) in [6.45, 7) is 5.57. The minimum absolute atomic E-state index is 1.05. The molecule has 0 atom stereocenters. The number of anilines is 3. The van der Waals surface area contributed by atoms with Gasteiger partial charge in [0.2, 0.25) is 0 Å². The number of unbranched alkanes of at least 4 members (excludes halogenated alkanes) is 1. The van der Waals surface area contributed by atoms with Crippen molar-refractivity contribution in [3.63, 3.8) is 0 Å². The van der Waals surface area contributed by atoms with Gasteiger partial charge in [0.15, 0.2) is 0 Å². The molecule has 3 nitrogen and oxygen atoms in total. The van der Waals surface area contributed by atoms with E-state index in [4.69, 9.17) is 0 Å². The molecule has 0 fully saturated rings. The molecule has 0 saturated carbocycles. The molecule has 0 aliphatic carbocycles. The maximum absolute atomic E-state index is 2.92. The van der Waals surface area contributed by atoms with Crippen molar-refractivity contribution in [1.82, 2.24) is 4.40 Å². The number of hydrogen-bond acceptors (Lipinski definition) is 2. The summed E-state index contributed by atoms with van der Waals surface area (Å²) < 4.78 is 2.44. The number of hydrogen-bond donors (Lipinski definition) is 0. The summed E-state index contributed by atoms with van der Waals surface area (Å²) in [5.74, 6) is 0. The number of nitrogens with zero attached hydrogens (tertiary/aromatic N) is 3. The molecule has 0 unspecified atom stereocenters. The number of para-hydroxylation sites is 4. The van der Waals surface area contributed by atoms with E-state index in [-0.39, 0.29) is 0 Å². The van der Waals surface area contributed by atoms with Crippen molar-refractivity contribution in [2.75, 3.05) is 16.3 Å². The van der Waals surface area contributed by atoms with Crippen molar-refractivity contribution >= 4 is 74.2 Å². The van der Waals surface area contributed by atoms with Gasteiger partial charge in [0.25, 0.3) is 0 Å². The average Bonchev–Trinajstić information content (AvgIpc) is 3.55. The van der Waals surface area contributed by atoms with Gasteiger partial charge in [-0.15, -0.1) is 6.67 Å². The average molecular weight is 649 g/mol. The first-order valence-corrected chi connectivity index (χ1v) is 16.0. The standard InChI is InChI=1S/C29H24N3.Ag.HI/c1-2-3-17-30-19-31(28-14-7-6-13-27(28)30)20-15-16-26-24(18-20)23-11-8-10-22-21-9-4-5-12-25(21)32(26)29(22)23;;/h4-16,18-19H,2-3,17H2,1H3;;1H/q-1;+1;/p-1. The van der Waals surface area contributed by atoms with E-state index >= 15 is 0 Å². The Labute approximate surface area is 222 Å². The SMILES string of the molecule is CCCCN1[CH-]N(c2ccc3c(c2)c2cccc4c5ccccc5n3c42)c2ccccc21.[Ag][I]. The zero-order valence-corrected chi connectivity index (χ0v) is 22.4. The molecule has 0 saturated heterocycles. The van der Waals surface area contributed by atoms with E-state index in [2.05, 4.69) is 130 Å². The molecule has 7 rings (SSSR count). The van der Waals surface area contributed by atoms with E-state index in [1.807, 2.05) is 19.0 Å². The van der Waals surface area contributed by atoms with Crippen molar-refractivity contribution in [3.05, 3.63) is 91.6 Å². The number of benzene rings is 4. The van der Waals surface area contributed by atoms with Crippen LogP contribution in [0.5, 0.6) is 0 Å². The summed E-state index contributed by atoms with van der Waals surface area (Å²) >= 11 is 4.88. The second-order valence-electron chi connectivity index (χ2n) is 8.78. The van der Waals surface area contributed by atoms with Crippen LogP contribution in [0.15, 0.2) is 84.9 Å². The molecule has 0 N–H and O–H groups in total. The molecule has 34 heavy (non-hydrogen) atoms. The summed E-state index contributed by atoms with van der Waals surface area (Å²) in [7, 11) is 0. The quantitative estimate of drug-likeness (QED) is 0.108. The van der Waals surface area contributed by atoms with E-state index in [0.29, 0.717) is 0 Å². The van der Waals surface area contributed by atoms with E-state index in [1.54, 1.807) is 0 Å². The molecule has 6 aromatic rings. The van der Waals surface area contributed by atoms with Crippen LogP contribution in [0.1, 0.15) is 19.8 Å². The summed E-state index contributed by atoms with van der Waals surface area (Å²) in [5.41, 5.74) is 7.64. The number of rotatable bonds is 4. The fraction of sp³-hybridized carbons (Fsp3) is 0.138. The summed E-state index contributed by atoms with van der Waals surface area (Å²) in [4.78, 5) is 4.74. The van der Waals surface area contributed by atoms with Crippen LogP contribution >= 0.6 is 19.0 Å². The molecular formula is C29H24AgIN3-. The molecule has 3 heterocycles. The van der Waals surface area contributed by atoms with Gasteiger partial charge in [0.05, 0.1) is 16.6 Å². The van der Waals surface area contributed by atoms with Crippen LogP contribution in [0, 0.1) is 6.67 Å². The monoisotopic (exact) mass is 648 g/mol. The van der Waals surface area contributed by atoms with Gasteiger partial charge in [-0.3, -0.25) is 0 Å². The van der Waals surface area contributed by atoms with Crippen LogP contribution in [0.4, 0.5) is 17.1 Å². The molecule has 0 radical (unpaired) electrons. The van der Waals surface area contributed by atoms with Gasteiger partial charge >= 0.3 is 36.3 Å². The van der Waals surface area contributed by atoms with Crippen molar-refractivity contribution < 1.29 is 17.3 Å². The summed E-state index contributed by atoms with van der Waals surface area (Å²) in [6, 6.07) is 31.1. The van der Waals surface area contributed by atoms with E-state index < -0.39 is 0 Å². The van der Waals surface area contributed by atoms with Crippen molar-refractivity contribution in [1.29, 1.82) is 0 Å². The first-order chi connectivity index (χ1) is 16.8. The number of halogens is 1. The fourth-order valence-corrected chi connectivity index (χ4v) is 5.46. The topological polar surface area (TPSA) is 10.9 Å². The maximum atomic E-state index is 2.92. The summed E-state index contributed by atoms with van der Waals surface area (Å²) in [5, 5.41) is 5.30. The molecule has 174 valence electrons. The van der Waals surface area contributed by atoms with Gasteiger partial charge in [-0.25, -0.2) is 0 Å².